The number of Topliss-reactive ketones (excluding diaryl/α,β-unsaturated/α-hetero) is 2. The molecule has 5 N–H and O–H groups in total. The maximum absolute atomic E-state index is 13.8. The van der Waals surface area contributed by atoms with Crippen molar-refractivity contribution in [1.29, 1.82) is 0 Å². The van der Waals surface area contributed by atoms with E-state index in [4.69, 9.17) is 4.74 Å². The van der Waals surface area contributed by atoms with Crippen LogP contribution in [0.4, 0.5) is 5.69 Å². The van der Waals surface area contributed by atoms with Crippen LogP contribution in [0.2, 0.25) is 0 Å². The number of benzene rings is 2. The van der Waals surface area contributed by atoms with Gasteiger partial charge in [-0.1, -0.05) is 0 Å². The molecule has 1 aliphatic heterocycles. The molecule has 35 heavy (non-hydrogen) atoms. The Kier molecular flexibility index (Phi) is 5.20. The summed E-state index contributed by atoms with van der Waals surface area (Å²) in [5.41, 5.74) is -2.29. The first-order valence-electron chi connectivity index (χ1n) is 10.4. The van der Waals surface area contributed by atoms with E-state index >= 15 is 0 Å². The Bertz CT molecular complexity index is 1450. The van der Waals surface area contributed by atoms with Crippen molar-refractivity contribution in [3.8, 4) is 23.0 Å². The summed E-state index contributed by atoms with van der Waals surface area (Å²) in [6, 6.07) is 3.68. The van der Waals surface area contributed by atoms with E-state index in [1.807, 2.05) is 0 Å². The number of aromatic hydroxyl groups is 3. The summed E-state index contributed by atoms with van der Waals surface area (Å²) in [6.07, 6.45) is 1.08. The smallest absolute Gasteiger partial charge is 0.339 e. The Morgan fingerprint density at radius 1 is 1.06 bits per heavy atom. The van der Waals surface area contributed by atoms with E-state index in [1.165, 1.54) is 33.8 Å². The molecule has 0 aromatic heterocycles. The van der Waals surface area contributed by atoms with Gasteiger partial charge in [0.25, 0.3) is 0 Å². The minimum atomic E-state index is -1.67. The monoisotopic (exact) mass is 479 g/mol. The van der Waals surface area contributed by atoms with Crippen molar-refractivity contribution >= 4 is 29.0 Å². The van der Waals surface area contributed by atoms with Crippen molar-refractivity contribution in [2.75, 3.05) is 5.32 Å². The van der Waals surface area contributed by atoms with Crippen molar-refractivity contribution in [2.24, 2.45) is 0 Å². The first kappa shape index (κ1) is 23.6. The first-order chi connectivity index (χ1) is 16.3. The molecule has 0 bridgehead atoms. The SMILES string of the molecule is CC(=O)c1c(O)c(C)c(O)c2c1OC1=CC(=O)C(=C(C)Nc3ccc(O)c(C(=O)O)c3)C(=O)C12C. The second kappa shape index (κ2) is 7.73. The molecule has 0 radical (unpaired) electrons. The van der Waals surface area contributed by atoms with E-state index in [-0.39, 0.29) is 50.7 Å². The number of fused-ring (bicyclic) bond motifs is 3. The predicted molar refractivity (Wildman–Crippen MR) is 122 cm³/mol. The predicted octanol–water partition coefficient (Wildman–Crippen LogP) is 3.08. The summed E-state index contributed by atoms with van der Waals surface area (Å²) in [7, 11) is 0. The number of ether oxygens (including phenoxy) is 1. The molecule has 1 atom stereocenters. The van der Waals surface area contributed by atoms with Crippen molar-refractivity contribution in [1.82, 2.24) is 0 Å². The Hall–Kier alpha value is -4.60. The Morgan fingerprint density at radius 3 is 2.31 bits per heavy atom. The quantitative estimate of drug-likeness (QED) is 0.190. The summed E-state index contributed by atoms with van der Waals surface area (Å²) in [5.74, 6) is -5.01. The van der Waals surface area contributed by atoms with Crippen LogP contribution in [0.1, 0.15) is 52.6 Å². The van der Waals surface area contributed by atoms with Gasteiger partial charge in [0, 0.05) is 23.0 Å². The number of carboxylic acid groups (broad SMARTS) is 1. The van der Waals surface area contributed by atoms with Gasteiger partial charge in [-0.25, -0.2) is 4.79 Å². The van der Waals surface area contributed by atoms with Gasteiger partial charge in [0.15, 0.2) is 17.3 Å². The molecule has 0 amide bonds. The third kappa shape index (κ3) is 3.25. The number of aromatic carboxylic acids is 1. The second-order valence-corrected chi connectivity index (χ2v) is 8.55. The number of nitrogens with one attached hydrogen (secondary N) is 1. The Balaban J connectivity index is 1.88. The lowest BCUT2D eigenvalue weighted by Gasteiger charge is -2.29. The lowest BCUT2D eigenvalue weighted by Crippen LogP contribution is -2.40. The zero-order chi connectivity index (χ0) is 26.0. The molecule has 1 aliphatic carbocycles. The third-order valence-corrected chi connectivity index (χ3v) is 6.32. The van der Waals surface area contributed by atoms with Crippen molar-refractivity contribution in [3.05, 3.63) is 63.6 Å². The molecule has 0 fully saturated rings. The molecule has 2 aromatic carbocycles. The van der Waals surface area contributed by atoms with Crippen molar-refractivity contribution in [3.63, 3.8) is 0 Å². The van der Waals surface area contributed by atoms with Crippen LogP contribution in [0.15, 0.2) is 41.3 Å². The standard InChI is InChI=1S/C25H21NO9/c1-9-20(30)18(11(3)27)22-19(21(9)31)25(4)16(35-22)8-15(29)17(23(25)32)10(2)26-12-5-6-14(28)13(7-12)24(33)34/h5-8,26,28,30-31H,1-4H3,(H,33,34). The number of carbonyl (C=O) groups excluding carboxylic acids is 3. The Morgan fingerprint density at radius 2 is 1.71 bits per heavy atom. The molecule has 0 saturated carbocycles. The van der Waals surface area contributed by atoms with E-state index < -0.39 is 46.0 Å². The highest BCUT2D eigenvalue weighted by molar-refractivity contribution is 6.31. The Labute approximate surface area is 198 Å². The average Bonchev–Trinajstić information content (AvgIpc) is 3.06. The maximum Gasteiger partial charge on any atom is 0.339 e. The molecule has 0 saturated heterocycles. The fraction of sp³-hybridized carbons (Fsp3) is 0.200. The zero-order valence-electron chi connectivity index (χ0n) is 19.1. The van der Waals surface area contributed by atoms with Crippen LogP contribution in [0.25, 0.3) is 0 Å². The van der Waals surface area contributed by atoms with E-state index in [1.54, 1.807) is 0 Å². The second-order valence-electron chi connectivity index (χ2n) is 8.55. The fourth-order valence-electron chi connectivity index (χ4n) is 4.43. The molecule has 4 rings (SSSR count). The van der Waals surface area contributed by atoms with Gasteiger partial charge in [-0.05, 0) is 45.9 Å². The van der Waals surface area contributed by atoms with Gasteiger partial charge in [-0.15, -0.1) is 0 Å². The topological polar surface area (TPSA) is 170 Å². The number of anilines is 1. The zero-order valence-corrected chi connectivity index (χ0v) is 19.1. The summed E-state index contributed by atoms with van der Waals surface area (Å²) >= 11 is 0. The van der Waals surface area contributed by atoms with Gasteiger partial charge in [0.05, 0.1) is 11.1 Å². The normalized spacial score (nSPS) is 19.9. The summed E-state index contributed by atoms with van der Waals surface area (Å²) in [5, 5.41) is 43.0. The van der Waals surface area contributed by atoms with Crippen LogP contribution in [-0.4, -0.2) is 43.7 Å². The minimum Gasteiger partial charge on any atom is -0.507 e. The number of phenols is 3. The van der Waals surface area contributed by atoms with Crippen LogP contribution < -0.4 is 10.1 Å². The maximum atomic E-state index is 13.8. The lowest BCUT2D eigenvalue weighted by molar-refractivity contribution is -0.123. The van der Waals surface area contributed by atoms with Gasteiger partial charge in [-0.2, -0.15) is 0 Å². The molecule has 1 heterocycles. The van der Waals surface area contributed by atoms with E-state index in [0.717, 1.165) is 18.2 Å². The highest BCUT2D eigenvalue weighted by atomic mass is 16.5. The van der Waals surface area contributed by atoms with Crippen LogP contribution >= 0.6 is 0 Å². The minimum absolute atomic E-state index is 0.0182. The molecule has 2 aromatic rings. The number of phenolic OH excluding ortho intramolecular Hbond substituents is 2. The molecule has 10 heteroatoms. The average molecular weight is 479 g/mol. The van der Waals surface area contributed by atoms with E-state index in [2.05, 4.69) is 5.32 Å². The highest BCUT2D eigenvalue weighted by Crippen LogP contribution is 2.57. The number of rotatable bonds is 4. The van der Waals surface area contributed by atoms with Crippen LogP contribution in [-0.2, 0) is 15.0 Å². The summed E-state index contributed by atoms with van der Waals surface area (Å²) in [6.45, 7) is 5.47. The molecule has 10 nitrogen and oxygen atoms in total. The largest absolute Gasteiger partial charge is 0.507 e. The molecule has 1 unspecified atom stereocenters. The van der Waals surface area contributed by atoms with Gasteiger partial charge in [0.2, 0.25) is 0 Å². The summed E-state index contributed by atoms with van der Waals surface area (Å²) < 4.78 is 5.71. The number of hydrogen-bond donors (Lipinski definition) is 5. The number of allylic oxidation sites excluding steroid dienone is 4. The van der Waals surface area contributed by atoms with Crippen molar-refractivity contribution in [2.45, 2.75) is 33.1 Å². The van der Waals surface area contributed by atoms with E-state index in [9.17, 15) is 39.6 Å². The first-order valence-corrected chi connectivity index (χ1v) is 10.4. The molecule has 2 aliphatic rings. The van der Waals surface area contributed by atoms with Gasteiger partial charge in [-0.3, -0.25) is 14.4 Å². The molecule has 180 valence electrons. The van der Waals surface area contributed by atoms with Crippen molar-refractivity contribution < 1.29 is 44.3 Å². The summed E-state index contributed by atoms with van der Waals surface area (Å²) in [4.78, 5) is 50.3. The molecular weight excluding hydrogens is 458 g/mol. The lowest BCUT2D eigenvalue weighted by atomic mass is 9.70. The van der Waals surface area contributed by atoms with Gasteiger partial charge in [0.1, 0.15) is 45.3 Å². The van der Waals surface area contributed by atoms with Crippen LogP contribution in [0.5, 0.6) is 23.0 Å². The fourth-order valence-corrected chi connectivity index (χ4v) is 4.43. The number of hydrogen-bond acceptors (Lipinski definition) is 9. The van der Waals surface area contributed by atoms with Crippen LogP contribution in [0.3, 0.4) is 0 Å². The number of carbonyl (C=O) groups is 4. The highest BCUT2D eigenvalue weighted by Gasteiger charge is 2.56. The molecule has 0 spiro atoms. The van der Waals surface area contributed by atoms with Gasteiger partial charge >= 0.3 is 5.97 Å². The van der Waals surface area contributed by atoms with E-state index in [0.29, 0.717) is 0 Å². The number of carboxylic acids is 1. The third-order valence-electron chi connectivity index (χ3n) is 6.32. The number of ketones is 3. The molecular formula is C25H21NO9. The van der Waals surface area contributed by atoms with Gasteiger partial charge < -0.3 is 30.5 Å². The van der Waals surface area contributed by atoms with Crippen LogP contribution in [0, 0.1) is 6.92 Å².